The molecule has 6 heteroatoms. The number of aldehydes is 1. The molecule has 0 heterocycles. The van der Waals surface area contributed by atoms with E-state index in [0.29, 0.717) is 17.4 Å². The van der Waals surface area contributed by atoms with Crippen LogP contribution in [0.3, 0.4) is 0 Å². The van der Waals surface area contributed by atoms with E-state index in [1.807, 2.05) is 38.1 Å². The van der Waals surface area contributed by atoms with Gasteiger partial charge in [-0.3, -0.25) is 14.4 Å². The standard InChI is InChI=1S/C17H16O3.C2H2O3/c1-11-6-4-7-13(12(11)2)14-8-5-9-15(16(14)10-18)17(19)20-3;3-1-5-2-4/h4-10H,1-3H3;1-2H. The maximum Gasteiger partial charge on any atom is 0.338 e. The summed E-state index contributed by atoms with van der Waals surface area (Å²) in [5.74, 6) is -0.501. The summed E-state index contributed by atoms with van der Waals surface area (Å²) < 4.78 is 8.20. The van der Waals surface area contributed by atoms with Gasteiger partial charge in [0.25, 0.3) is 0 Å². The van der Waals surface area contributed by atoms with Crippen molar-refractivity contribution >= 4 is 25.2 Å². The molecule has 0 aliphatic heterocycles. The third kappa shape index (κ3) is 4.84. The maximum absolute atomic E-state index is 11.7. The van der Waals surface area contributed by atoms with Gasteiger partial charge in [-0.15, -0.1) is 0 Å². The molecule has 2 rings (SSSR count). The Bertz CT molecular complexity index is 773. The summed E-state index contributed by atoms with van der Waals surface area (Å²) in [6.45, 7) is 4.15. The van der Waals surface area contributed by atoms with Crippen molar-refractivity contribution in [1.29, 1.82) is 0 Å². The third-order valence-corrected chi connectivity index (χ3v) is 3.64. The first kappa shape index (κ1) is 19.8. The highest BCUT2D eigenvalue weighted by Crippen LogP contribution is 2.29. The van der Waals surface area contributed by atoms with Crippen molar-refractivity contribution in [3.8, 4) is 11.1 Å². The maximum atomic E-state index is 11.7. The normalized spacial score (nSPS) is 9.24. The predicted molar refractivity (Wildman–Crippen MR) is 91.3 cm³/mol. The summed E-state index contributed by atoms with van der Waals surface area (Å²) in [5.41, 5.74) is 4.61. The number of benzene rings is 2. The summed E-state index contributed by atoms with van der Waals surface area (Å²) in [7, 11) is 1.31. The molecule has 6 nitrogen and oxygen atoms in total. The van der Waals surface area contributed by atoms with E-state index in [1.165, 1.54) is 7.11 Å². The van der Waals surface area contributed by atoms with Crippen LogP contribution in [0.2, 0.25) is 0 Å². The van der Waals surface area contributed by atoms with Gasteiger partial charge in [-0.25, -0.2) is 4.79 Å². The molecular formula is C19H18O6. The first-order chi connectivity index (χ1) is 12.0. The second-order valence-corrected chi connectivity index (χ2v) is 4.95. The van der Waals surface area contributed by atoms with Gasteiger partial charge in [-0.05, 0) is 42.2 Å². The molecule has 25 heavy (non-hydrogen) atoms. The minimum atomic E-state index is -0.501. The molecule has 0 atom stereocenters. The van der Waals surface area contributed by atoms with Gasteiger partial charge in [-0.2, -0.15) is 0 Å². The molecule has 2 aromatic rings. The Morgan fingerprint density at radius 1 is 0.920 bits per heavy atom. The van der Waals surface area contributed by atoms with Crippen molar-refractivity contribution in [2.24, 2.45) is 0 Å². The zero-order valence-electron chi connectivity index (χ0n) is 14.1. The SMILES string of the molecule is COC(=O)c1cccc(-c2cccc(C)c2C)c1C=O.O=COC=O. The van der Waals surface area contributed by atoms with Gasteiger partial charge < -0.3 is 9.47 Å². The number of hydrogen-bond acceptors (Lipinski definition) is 6. The Labute approximate surface area is 145 Å². The number of rotatable bonds is 5. The Morgan fingerprint density at radius 3 is 2.04 bits per heavy atom. The average molecular weight is 342 g/mol. The molecule has 0 aliphatic rings. The first-order valence-corrected chi connectivity index (χ1v) is 7.27. The molecule has 130 valence electrons. The highest BCUT2D eigenvalue weighted by atomic mass is 16.6. The average Bonchev–Trinajstić information content (AvgIpc) is 2.64. The van der Waals surface area contributed by atoms with Crippen LogP contribution >= 0.6 is 0 Å². The Hall–Kier alpha value is -3.28. The molecule has 0 N–H and O–H groups in total. The summed E-state index contributed by atoms with van der Waals surface area (Å²) in [5, 5.41) is 0. The van der Waals surface area contributed by atoms with Crippen molar-refractivity contribution in [2.75, 3.05) is 7.11 Å². The number of methoxy groups -OCH3 is 1. The molecule has 0 amide bonds. The minimum Gasteiger partial charge on any atom is -0.465 e. The van der Waals surface area contributed by atoms with Crippen LogP contribution in [0.4, 0.5) is 0 Å². The zero-order chi connectivity index (χ0) is 18.8. The lowest BCUT2D eigenvalue weighted by Gasteiger charge is -2.13. The largest absolute Gasteiger partial charge is 0.465 e. The van der Waals surface area contributed by atoms with Crippen molar-refractivity contribution in [3.63, 3.8) is 0 Å². The Kier molecular flexibility index (Phi) is 7.72. The van der Waals surface area contributed by atoms with Crippen molar-refractivity contribution in [1.82, 2.24) is 0 Å². The van der Waals surface area contributed by atoms with Gasteiger partial charge in [0.2, 0.25) is 0 Å². The van der Waals surface area contributed by atoms with Gasteiger partial charge in [-0.1, -0.05) is 30.3 Å². The van der Waals surface area contributed by atoms with E-state index in [0.717, 1.165) is 22.3 Å². The minimum absolute atomic E-state index is 0.0625. The Balaban J connectivity index is 0.000000550. The van der Waals surface area contributed by atoms with Gasteiger partial charge in [0.05, 0.1) is 12.7 Å². The number of carbonyl (C=O) groups is 4. The lowest BCUT2D eigenvalue weighted by molar-refractivity contribution is -0.141. The molecule has 0 aromatic heterocycles. The Morgan fingerprint density at radius 2 is 1.52 bits per heavy atom. The number of carbonyl (C=O) groups excluding carboxylic acids is 4. The van der Waals surface area contributed by atoms with Crippen LogP contribution in [0.25, 0.3) is 11.1 Å². The molecule has 0 bridgehead atoms. The lowest BCUT2D eigenvalue weighted by atomic mass is 9.91. The topological polar surface area (TPSA) is 86.7 Å². The van der Waals surface area contributed by atoms with E-state index in [9.17, 15) is 9.59 Å². The van der Waals surface area contributed by atoms with Crippen LogP contribution in [0.1, 0.15) is 31.8 Å². The quantitative estimate of drug-likeness (QED) is 0.472. The number of aryl methyl sites for hydroxylation is 1. The fourth-order valence-electron chi connectivity index (χ4n) is 2.28. The molecule has 0 radical (unpaired) electrons. The molecule has 0 saturated carbocycles. The van der Waals surface area contributed by atoms with E-state index < -0.39 is 5.97 Å². The molecule has 0 unspecified atom stereocenters. The number of hydrogen-bond donors (Lipinski definition) is 0. The molecule has 0 aliphatic carbocycles. The van der Waals surface area contributed by atoms with Gasteiger partial charge in [0, 0.05) is 5.56 Å². The second kappa shape index (κ2) is 9.77. The van der Waals surface area contributed by atoms with Crippen LogP contribution in [0, 0.1) is 13.8 Å². The van der Waals surface area contributed by atoms with Gasteiger partial charge >= 0.3 is 18.9 Å². The molecule has 0 saturated heterocycles. The van der Waals surface area contributed by atoms with E-state index in [2.05, 4.69) is 4.74 Å². The van der Waals surface area contributed by atoms with E-state index in [1.54, 1.807) is 12.1 Å². The highest BCUT2D eigenvalue weighted by Gasteiger charge is 2.16. The summed E-state index contributed by atoms with van der Waals surface area (Å²) in [6.07, 6.45) is 0.712. The summed E-state index contributed by atoms with van der Waals surface area (Å²) in [6, 6.07) is 11.1. The molecular weight excluding hydrogens is 324 g/mol. The fraction of sp³-hybridized carbons (Fsp3) is 0.158. The summed E-state index contributed by atoms with van der Waals surface area (Å²) in [4.78, 5) is 41.1. The van der Waals surface area contributed by atoms with Crippen molar-refractivity contribution in [3.05, 3.63) is 58.7 Å². The molecule has 0 spiro atoms. The van der Waals surface area contributed by atoms with E-state index in [4.69, 9.17) is 14.3 Å². The van der Waals surface area contributed by atoms with E-state index >= 15 is 0 Å². The van der Waals surface area contributed by atoms with Crippen molar-refractivity contribution in [2.45, 2.75) is 13.8 Å². The van der Waals surface area contributed by atoms with Crippen LogP contribution in [-0.2, 0) is 19.1 Å². The zero-order valence-corrected chi connectivity index (χ0v) is 14.1. The molecule has 2 aromatic carbocycles. The van der Waals surface area contributed by atoms with Gasteiger partial charge in [0.15, 0.2) is 6.29 Å². The number of ether oxygens (including phenoxy) is 2. The predicted octanol–water partition coefficient (Wildman–Crippen LogP) is 2.89. The third-order valence-electron chi connectivity index (χ3n) is 3.64. The first-order valence-electron chi connectivity index (χ1n) is 7.27. The lowest BCUT2D eigenvalue weighted by Crippen LogP contribution is -2.06. The summed E-state index contributed by atoms with van der Waals surface area (Å²) >= 11 is 0. The van der Waals surface area contributed by atoms with Crippen LogP contribution in [0.15, 0.2) is 36.4 Å². The second-order valence-electron chi connectivity index (χ2n) is 4.95. The molecule has 0 fully saturated rings. The fourth-order valence-corrected chi connectivity index (χ4v) is 2.28. The van der Waals surface area contributed by atoms with Gasteiger partial charge in [0.1, 0.15) is 0 Å². The smallest absolute Gasteiger partial charge is 0.338 e. The highest BCUT2D eigenvalue weighted by molar-refractivity contribution is 6.03. The van der Waals surface area contributed by atoms with Crippen LogP contribution < -0.4 is 0 Å². The monoisotopic (exact) mass is 342 g/mol. The van der Waals surface area contributed by atoms with Crippen LogP contribution in [0.5, 0.6) is 0 Å². The van der Waals surface area contributed by atoms with Crippen molar-refractivity contribution < 1.29 is 28.7 Å². The van der Waals surface area contributed by atoms with Crippen LogP contribution in [-0.4, -0.2) is 32.3 Å². The number of esters is 1. The van der Waals surface area contributed by atoms with E-state index in [-0.39, 0.29) is 12.9 Å².